The Bertz CT molecular complexity index is 1720. The Labute approximate surface area is 208 Å². The Kier molecular flexibility index (Phi) is 5.29. The van der Waals surface area contributed by atoms with E-state index >= 15 is 0 Å². The number of aryl methyl sites for hydroxylation is 1. The molecule has 0 unspecified atom stereocenters. The monoisotopic (exact) mass is 500 g/mol. The van der Waals surface area contributed by atoms with Gasteiger partial charge in [0.1, 0.15) is 17.2 Å². The molecule has 3 aromatic heterocycles. The molecule has 0 saturated heterocycles. The minimum absolute atomic E-state index is 0.291. The molecule has 0 aliphatic rings. The largest absolute Gasteiger partial charge is 0.457 e. The summed E-state index contributed by atoms with van der Waals surface area (Å²) in [4.78, 5) is 16.8. The first-order valence-corrected chi connectivity index (χ1v) is 11.3. The van der Waals surface area contributed by atoms with Gasteiger partial charge in [-0.15, -0.1) is 0 Å². The van der Waals surface area contributed by atoms with E-state index in [1.54, 1.807) is 48.1 Å². The molecular weight excluding hydrogens is 481 g/mol. The molecule has 0 saturated carbocycles. The Morgan fingerprint density at radius 1 is 0.865 bits per heavy atom. The van der Waals surface area contributed by atoms with Gasteiger partial charge in [0.2, 0.25) is 5.95 Å². The van der Waals surface area contributed by atoms with Crippen LogP contribution in [0, 0.1) is 0 Å². The Balaban J connectivity index is 1.26. The predicted molar refractivity (Wildman–Crippen MR) is 135 cm³/mol. The highest BCUT2D eigenvalue weighted by Crippen LogP contribution is 2.33. The number of benzene rings is 3. The number of hydrogen-bond donors (Lipinski definition) is 2. The van der Waals surface area contributed by atoms with Crippen molar-refractivity contribution < 1.29 is 17.9 Å². The van der Waals surface area contributed by atoms with Crippen molar-refractivity contribution in [2.24, 2.45) is 7.05 Å². The molecule has 0 fully saturated rings. The van der Waals surface area contributed by atoms with Crippen molar-refractivity contribution in [2.45, 2.75) is 6.18 Å². The molecule has 0 aliphatic heterocycles. The summed E-state index contributed by atoms with van der Waals surface area (Å²) in [6, 6.07) is 21.7. The van der Waals surface area contributed by atoms with Crippen molar-refractivity contribution in [1.29, 1.82) is 0 Å². The van der Waals surface area contributed by atoms with E-state index in [0.29, 0.717) is 40.2 Å². The number of anilines is 2. The van der Waals surface area contributed by atoms with Crippen LogP contribution in [0.25, 0.3) is 33.6 Å². The fourth-order valence-corrected chi connectivity index (χ4v) is 4.07. The van der Waals surface area contributed by atoms with Gasteiger partial charge in [-0.1, -0.05) is 18.2 Å². The molecule has 10 heteroatoms. The minimum atomic E-state index is -4.42. The SMILES string of the molecule is Cn1c(Nc2cccc(C(F)(F)F)c2)nc2cc(Oc3ccnc(-c4nc5ccccc5[nH]4)c3)ccc21. The summed E-state index contributed by atoms with van der Waals surface area (Å²) in [5, 5.41) is 2.97. The van der Waals surface area contributed by atoms with Crippen molar-refractivity contribution >= 4 is 33.7 Å². The first kappa shape index (κ1) is 22.6. The molecule has 2 N–H and O–H groups in total. The molecule has 0 aliphatic carbocycles. The highest BCUT2D eigenvalue weighted by Gasteiger charge is 2.30. The van der Waals surface area contributed by atoms with Crippen LogP contribution in [-0.2, 0) is 13.2 Å². The van der Waals surface area contributed by atoms with Crippen LogP contribution in [0.5, 0.6) is 11.5 Å². The Morgan fingerprint density at radius 2 is 1.70 bits per heavy atom. The number of para-hydroxylation sites is 2. The summed E-state index contributed by atoms with van der Waals surface area (Å²) < 4.78 is 47.1. The third kappa shape index (κ3) is 4.44. The lowest BCUT2D eigenvalue weighted by Crippen LogP contribution is -2.06. The van der Waals surface area contributed by atoms with E-state index in [0.717, 1.165) is 28.7 Å². The van der Waals surface area contributed by atoms with Gasteiger partial charge in [-0.3, -0.25) is 4.98 Å². The van der Waals surface area contributed by atoms with Gasteiger partial charge >= 0.3 is 6.18 Å². The Morgan fingerprint density at radius 3 is 2.54 bits per heavy atom. The number of ether oxygens (including phenoxy) is 1. The molecule has 0 amide bonds. The van der Waals surface area contributed by atoms with Crippen molar-refractivity contribution in [3.05, 3.63) is 90.6 Å². The first-order chi connectivity index (χ1) is 17.8. The third-order valence-corrected chi connectivity index (χ3v) is 5.90. The van der Waals surface area contributed by atoms with Crippen LogP contribution in [0.2, 0.25) is 0 Å². The van der Waals surface area contributed by atoms with E-state index in [1.165, 1.54) is 6.07 Å². The zero-order valence-electron chi connectivity index (χ0n) is 19.4. The maximum Gasteiger partial charge on any atom is 0.416 e. The first-order valence-electron chi connectivity index (χ1n) is 11.3. The lowest BCUT2D eigenvalue weighted by Gasteiger charge is -2.10. The average molecular weight is 500 g/mol. The molecule has 184 valence electrons. The number of aromatic nitrogens is 5. The standard InChI is InChI=1S/C27H19F3N6O/c1-36-24-10-9-18(14-22(24)35-26(36)32-17-6-4-5-16(13-17)27(28,29)30)37-19-11-12-31-23(15-19)25-33-20-7-2-3-8-21(20)34-25/h2-15H,1H3,(H,32,35)(H,33,34). The van der Waals surface area contributed by atoms with Gasteiger partial charge in [-0.25, -0.2) is 9.97 Å². The van der Waals surface area contributed by atoms with Crippen molar-refractivity contribution in [3.8, 4) is 23.0 Å². The van der Waals surface area contributed by atoms with Crippen molar-refractivity contribution in [3.63, 3.8) is 0 Å². The molecule has 6 rings (SSSR count). The average Bonchev–Trinajstić information content (AvgIpc) is 3.45. The van der Waals surface area contributed by atoms with Crippen LogP contribution >= 0.6 is 0 Å². The predicted octanol–water partition coefficient (Wildman–Crippen LogP) is 7.07. The number of aromatic amines is 1. The second-order valence-electron chi connectivity index (χ2n) is 8.43. The third-order valence-electron chi connectivity index (χ3n) is 5.90. The normalized spacial score (nSPS) is 11.8. The van der Waals surface area contributed by atoms with Crippen LogP contribution in [-0.4, -0.2) is 24.5 Å². The number of fused-ring (bicyclic) bond motifs is 2. The molecule has 0 spiro atoms. The maximum absolute atomic E-state index is 13.1. The van der Waals surface area contributed by atoms with Crippen molar-refractivity contribution in [1.82, 2.24) is 24.5 Å². The zero-order valence-corrected chi connectivity index (χ0v) is 19.4. The number of rotatable bonds is 5. The fraction of sp³-hybridized carbons (Fsp3) is 0.0741. The van der Waals surface area contributed by atoms with E-state index in [-0.39, 0.29) is 0 Å². The number of imidazole rings is 2. The second kappa shape index (κ2) is 8.66. The number of H-pyrrole nitrogens is 1. The van der Waals surface area contributed by atoms with Gasteiger partial charge in [0.05, 0.1) is 27.6 Å². The van der Waals surface area contributed by atoms with Gasteiger partial charge in [-0.05, 0) is 48.5 Å². The second-order valence-corrected chi connectivity index (χ2v) is 8.43. The minimum Gasteiger partial charge on any atom is -0.457 e. The molecule has 3 aromatic carbocycles. The van der Waals surface area contributed by atoms with Crippen LogP contribution < -0.4 is 10.1 Å². The highest BCUT2D eigenvalue weighted by molar-refractivity contribution is 5.81. The number of nitrogens with zero attached hydrogens (tertiary/aromatic N) is 4. The van der Waals surface area contributed by atoms with Gasteiger partial charge in [-0.2, -0.15) is 13.2 Å². The maximum atomic E-state index is 13.1. The van der Waals surface area contributed by atoms with Crippen LogP contribution in [0.3, 0.4) is 0 Å². The molecule has 37 heavy (non-hydrogen) atoms. The molecule has 6 aromatic rings. The smallest absolute Gasteiger partial charge is 0.416 e. The van der Waals surface area contributed by atoms with Crippen LogP contribution in [0.15, 0.2) is 85.1 Å². The van der Waals surface area contributed by atoms with Gasteiger partial charge in [0, 0.05) is 31.1 Å². The van der Waals surface area contributed by atoms with Gasteiger partial charge in [0.25, 0.3) is 0 Å². The highest BCUT2D eigenvalue weighted by atomic mass is 19.4. The number of halogens is 3. The quantitative estimate of drug-likeness (QED) is 0.265. The molecule has 0 bridgehead atoms. The summed E-state index contributed by atoms with van der Waals surface area (Å²) >= 11 is 0. The van der Waals surface area contributed by atoms with E-state index in [4.69, 9.17) is 4.74 Å². The summed E-state index contributed by atoms with van der Waals surface area (Å²) in [7, 11) is 1.79. The van der Waals surface area contributed by atoms with E-state index in [9.17, 15) is 13.2 Å². The molecular formula is C27H19F3N6O. The number of hydrogen-bond acceptors (Lipinski definition) is 5. The summed E-state index contributed by atoms with van der Waals surface area (Å²) in [5.41, 5.74) is 3.38. The zero-order chi connectivity index (χ0) is 25.6. The number of alkyl halides is 3. The number of nitrogens with one attached hydrogen (secondary N) is 2. The Hall–Kier alpha value is -4.86. The van der Waals surface area contributed by atoms with Crippen LogP contribution in [0.4, 0.5) is 24.8 Å². The lowest BCUT2D eigenvalue weighted by molar-refractivity contribution is -0.137. The molecule has 7 nitrogen and oxygen atoms in total. The topological polar surface area (TPSA) is 80.7 Å². The van der Waals surface area contributed by atoms with Gasteiger partial charge in [0.15, 0.2) is 5.82 Å². The van der Waals surface area contributed by atoms with Crippen molar-refractivity contribution in [2.75, 3.05) is 5.32 Å². The molecule has 0 atom stereocenters. The van der Waals surface area contributed by atoms with E-state index < -0.39 is 11.7 Å². The van der Waals surface area contributed by atoms with Crippen LogP contribution in [0.1, 0.15) is 5.56 Å². The van der Waals surface area contributed by atoms with Gasteiger partial charge < -0.3 is 19.6 Å². The molecule has 3 heterocycles. The summed E-state index contributed by atoms with van der Waals surface area (Å²) in [5.74, 6) is 2.17. The lowest BCUT2D eigenvalue weighted by atomic mass is 10.2. The number of pyridine rings is 1. The van der Waals surface area contributed by atoms with E-state index in [2.05, 4.69) is 25.3 Å². The fourth-order valence-electron chi connectivity index (χ4n) is 4.07. The summed E-state index contributed by atoms with van der Waals surface area (Å²) in [6.07, 6.45) is -2.78. The summed E-state index contributed by atoms with van der Waals surface area (Å²) in [6.45, 7) is 0. The van der Waals surface area contributed by atoms with E-state index in [1.807, 2.05) is 30.3 Å². The molecule has 0 radical (unpaired) electrons.